The van der Waals surface area contributed by atoms with Crippen LogP contribution >= 0.6 is 0 Å². The summed E-state index contributed by atoms with van der Waals surface area (Å²) in [6.45, 7) is 4.06. The van der Waals surface area contributed by atoms with Crippen LogP contribution in [0, 0.1) is 6.92 Å². The Balaban J connectivity index is 1.51. The van der Waals surface area contributed by atoms with E-state index in [1.807, 2.05) is 0 Å². The number of aromatic nitrogens is 3. The molecule has 0 amide bonds. The summed E-state index contributed by atoms with van der Waals surface area (Å²) in [6.07, 6.45) is 4.26. The van der Waals surface area contributed by atoms with E-state index < -0.39 is 0 Å². The summed E-state index contributed by atoms with van der Waals surface area (Å²) in [5.41, 5.74) is 4.80. The van der Waals surface area contributed by atoms with E-state index in [9.17, 15) is 0 Å². The minimum Gasteiger partial charge on any atom is -0.379 e. The highest BCUT2D eigenvalue weighted by Gasteiger charge is 2.39. The van der Waals surface area contributed by atoms with Crippen LogP contribution in [-0.2, 0) is 11.2 Å². The maximum atomic E-state index is 5.50. The van der Waals surface area contributed by atoms with Crippen molar-refractivity contribution >= 4 is 16.9 Å². The summed E-state index contributed by atoms with van der Waals surface area (Å²) in [4.78, 5) is 14.8. The smallest absolute Gasteiger partial charge is 0.143 e. The third-order valence-electron chi connectivity index (χ3n) is 6.02. The standard InChI is InChI=1S/C21H25N5O/c1-13-9-17-20(24-13)22-12-23-21(17)25-19-16-6-4-3-5-14(16)7-8-18(19)26-10-15(11-26)27-2/h3-6,9,12,15,18-19H,7-8,10-11H2,1-2H3,(H2,22,23,24,25)/t18-,19-/m0/s1. The number of ether oxygens (including phenoxy) is 1. The number of aryl methyl sites for hydroxylation is 2. The van der Waals surface area contributed by atoms with Gasteiger partial charge in [-0.15, -0.1) is 0 Å². The molecular formula is C21H25N5O. The first-order chi connectivity index (χ1) is 13.2. The van der Waals surface area contributed by atoms with Crippen LogP contribution in [0.2, 0.25) is 0 Å². The molecule has 0 radical (unpaired) electrons. The number of aromatic amines is 1. The molecule has 0 saturated carbocycles. The van der Waals surface area contributed by atoms with Gasteiger partial charge in [0.1, 0.15) is 17.8 Å². The van der Waals surface area contributed by atoms with Gasteiger partial charge in [0, 0.05) is 31.9 Å². The molecule has 1 aliphatic carbocycles. The molecule has 2 aliphatic rings. The van der Waals surface area contributed by atoms with Crippen molar-refractivity contribution in [3.8, 4) is 0 Å². The molecular weight excluding hydrogens is 338 g/mol. The summed E-state index contributed by atoms with van der Waals surface area (Å²) in [6, 6.07) is 11.6. The third kappa shape index (κ3) is 2.89. The molecule has 2 atom stereocenters. The maximum Gasteiger partial charge on any atom is 0.143 e. The van der Waals surface area contributed by atoms with Crippen LogP contribution in [0.15, 0.2) is 36.7 Å². The van der Waals surface area contributed by atoms with Gasteiger partial charge in [0.2, 0.25) is 0 Å². The van der Waals surface area contributed by atoms with Crippen LogP contribution in [0.4, 0.5) is 5.82 Å². The summed E-state index contributed by atoms with van der Waals surface area (Å²) in [5, 5.41) is 4.82. The van der Waals surface area contributed by atoms with Crippen molar-refractivity contribution in [2.45, 2.75) is 38.0 Å². The molecule has 5 rings (SSSR count). The highest BCUT2D eigenvalue weighted by Crippen LogP contribution is 2.38. The zero-order valence-electron chi connectivity index (χ0n) is 15.8. The van der Waals surface area contributed by atoms with Gasteiger partial charge in [-0.05, 0) is 37.0 Å². The second-order valence-corrected chi connectivity index (χ2v) is 7.68. The van der Waals surface area contributed by atoms with Crippen LogP contribution < -0.4 is 5.32 Å². The van der Waals surface area contributed by atoms with E-state index in [0.29, 0.717) is 12.1 Å². The first kappa shape index (κ1) is 16.7. The fourth-order valence-electron chi connectivity index (χ4n) is 4.53. The average Bonchev–Trinajstić information content (AvgIpc) is 3.03. The molecule has 27 heavy (non-hydrogen) atoms. The fourth-order valence-corrected chi connectivity index (χ4v) is 4.53. The Kier molecular flexibility index (Phi) is 4.10. The van der Waals surface area contributed by atoms with Gasteiger partial charge in [0.15, 0.2) is 0 Å². The second kappa shape index (κ2) is 6.62. The van der Waals surface area contributed by atoms with Crippen molar-refractivity contribution in [1.29, 1.82) is 0 Å². The number of nitrogens with zero attached hydrogens (tertiary/aromatic N) is 3. The Bertz CT molecular complexity index is 962. The van der Waals surface area contributed by atoms with E-state index >= 15 is 0 Å². The minimum absolute atomic E-state index is 0.209. The van der Waals surface area contributed by atoms with Crippen LogP contribution in [0.25, 0.3) is 11.0 Å². The molecule has 1 fully saturated rings. The molecule has 2 aromatic heterocycles. The lowest BCUT2D eigenvalue weighted by Crippen LogP contribution is -2.59. The van der Waals surface area contributed by atoms with Crippen LogP contribution in [0.5, 0.6) is 0 Å². The Morgan fingerprint density at radius 1 is 1.22 bits per heavy atom. The summed E-state index contributed by atoms with van der Waals surface area (Å²) in [5.74, 6) is 0.903. The average molecular weight is 363 g/mol. The highest BCUT2D eigenvalue weighted by atomic mass is 16.5. The largest absolute Gasteiger partial charge is 0.379 e. The Hall–Kier alpha value is -2.44. The number of methoxy groups -OCH3 is 1. The monoisotopic (exact) mass is 363 g/mol. The first-order valence-electron chi connectivity index (χ1n) is 9.64. The zero-order valence-corrected chi connectivity index (χ0v) is 15.8. The number of hydrogen-bond acceptors (Lipinski definition) is 5. The van der Waals surface area contributed by atoms with E-state index in [4.69, 9.17) is 4.74 Å². The van der Waals surface area contributed by atoms with Crippen molar-refractivity contribution in [2.75, 3.05) is 25.5 Å². The number of H-pyrrole nitrogens is 1. The number of nitrogens with one attached hydrogen (secondary N) is 2. The summed E-state index contributed by atoms with van der Waals surface area (Å²) in [7, 11) is 1.81. The molecule has 1 aliphatic heterocycles. The van der Waals surface area contributed by atoms with E-state index in [1.165, 1.54) is 11.1 Å². The maximum absolute atomic E-state index is 5.50. The Morgan fingerprint density at radius 3 is 2.93 bits per heavy atom. The molecule has 0 spiro atoms. The number of fused-ring (bicyclic) bond motifs is 2. The van der Waals surface area contributed by atoms with Crippen molar-refractivity contribution in [2.24, 2.45) is 0 Å². The van der Waals surface area contributed by atoms with Gasteiger partial charge in [0.25, 0.3) is 0 Å². The number of anilines is 1. The van der Waals surface area contributed by atoms with Gasteiger partial charge < -0.3 is 15.0 Å². The number of hydrogen-bond donors (Lipinski definition) is 2. The first-order valence-corrected chi connectivity index (χ1v) is 9.64. The predicted molar refractivity (Wildman–Crippen MR) is 106 cm³/mol. The van der Waals surface area contributed by atoms with Crippen molar-refractivity contribution in [1.82, 2.24) is 19.9 Å². The van der Waals surface area contributed by atoms with Gasteiger partial charge >= 0.3 is 0 Å². The van der Waals surface area contributed by atoms with E-state index in [2.05, 4.69) is 62.4 Å². The van der Waals surface area contributed by atoms with Crippen LogP contribution in [0.1, 0.15) is 29.3 Å². The van der Waals surface area contributed by atoms with E-state index in [1.54, 1.807) is 13.4 Å². The molecule has 1 saturated heterocycles. The van der Waals surface area contributed by atoms with Gasteiger partial charge in [-0.1, -0.05) is 24.3 Å². The van der Waals surface area contributed by atoms with E-state index in [0.717, 1.165) is 48.5 Å². The van der Waals surface area contributed by atoms with Gasteiger partial charge in [0.05, 0.1) is 17.5 Å². The molecule has 0 bridgehead atoms. The van der Waals surface area contributed by atoms with Crippen molar-refractivity contribution in [3.63, 3.8) is 0 Å². The lowest BCUT2D eigenvalue weighted by Gasteiger charge is -2.48. The molecule has 0 unspecified atom stereocenters. The SMILES string of the molecule is COC1CN([C@H]2CCc3ccccc3[C@@H]2Nc2ncnc3[nH]c(C)cc23)C1. The zero-order chi connectivity index (χ0) is 18.4. The Morgan fingerprint density at radius 2 is 2.07 bits per heavy atom. The fraction of sp³-hybridized carbons (Fsp3) is 0.429. The topological polar surface area (TPSA) is 66.1 Å². The number of rotatable bonds is 4. The molecule has 140 valence electrons. The molecule has 6 heteroatoms. The molecule has 3 heterocycles. The highest BCUT2D eigenvalue weighted by molar-refractivity contribution is 5.87. The van der Waals surface area contributed by atoms with Crippen molar-refractivity contribution < 1.29 is 4.74 Å². The van der Waals surface area contributed by atoms with Gasteiger partial charge in [-0.2, -0.15) is 0 Å². The second-order valence-electron chi connectivity index (χ2n) is 7.68. The molecule has 3 aromatic rings. The summed E-state index contributed by atoms with van der Waals surface area (Å²) < 4.78 is 5.50. The molecule has 2 N–H and O–H groups in total. The summed E-state index contributed by atoms with van der Waals surface area (Å²) >= 11 is 0. The van der Waals surface area contributed by atoms with Crippen LogP contribution in [-0.4, -0.2) is 52.2 Å². The number of likely N-dealkylation sites (tertiary alicyclic amines) is 1. The van der Waals surface area contributed by atoms with Crippen LogP contribution in [0.3, 0.4) is 0 Å². The number of benzene rings is 1. The predicted octanol–water partition coefficient (Wildman–Crippen LogP) is 3.06. The molecule has 6 nitrogen and oxygen atoms in total. The third-order valence-corrected chi connectivity index (χ3v) is 6.02. The van der Waals surface area contributed by atoms with Gasteiger partial charge in [-0.25, -0.2) is 9.97 Å². The van der Waals surface area contributed by atoms with E-state index in [-0.39, 0.29) is 6.04 Å². The minimum atomic E-state index is 0.209. The normalized spacial score (nSPS) is 23.2. The lowest BCUT2D eigenvalue weighted by atomic mass is 9.82. The quantitative estimate of drug-likeness (QED) is 0.746. The Labute approximate surface area is 159 Å². The van der Waals surface area contributed by atoms with Gasteiger partial charge in [-0.3, -0.25) is 4.90 Å². The molecule has 1 aromatic carbocycles. The van der Waals surface area contributed by atoms with Crippen molar-refractivity contribution in [3.05, 3.63) is 53.5 Å². The lowest BCUT2D eigenvalue weighted by molar-refractivity contribution is -0.0569.